The molecule has 1 atom stereocenters. The highest BCUT2D eigenvalue weighted by Crippen LogP contribution is 2.19. The Balaban J connectivity index is 0.00000506. The van der Waals surface area contributed by atoms with Gasteiger partial charge in [-0.1, -0.05) is 12.1 Å². The third-order valence-corrected chi connectivity index (χ3v) is 6.38. The van der Waals surface area contributed by atoms with Gasteiger partial charge < -0.3 is 38.5 Å². The number of nitrogens with one attached hydrogen (secondary N) is 2. The number of anilines is 3. The second-order valence-electron chi connectivity index (χ2n) is 9.34. The number of carbonyl (C=O) groups is 4. The Morgan fingerprint density at radius 3 is 2.28 bits per heavy atom. The highest BCUT2D eigenvalue weighted by molar-refractivity contribution is 6.04. The van der Waals surface area contributed by atoms with Crippen LogP contribution < -0.4 is 28.3 Å². The normalized spacial score (nSPS) is 11.3. The number of nitrogens with two attached hydrogens (primary N) is 2. The molecule has 224 valence electrons. The summed E-state index contributed by atoms with van der Waals surface area (Å²) in [7, 11) is 0. The number of rotatable bonds is 13. The lowest BCUT2D eigenvalue weighted by molar-refractivity contribution is -0.141. The van der Waals surface area contributed by atoms with Gasteiger partial charge in [0.05, 0.1) is 35.5 Å². The van der Waals surface area contributed by atoms with E-state index >= 15 is 0 Å². The Hall–Kier alpha value is -5.70. The molecule has 0 aliphatic heterocycles. The maximum Gasteiger partial charge on any atom is 0.336 e. The largest absolute Gasteiger partial charge is 0.481 e. The lowest BCUT2D eigenvalue weighted by Crippen LogP contribution is -2.27. The van der Waals surface area contributed by atoms with Crippen LogP contribution in [-0.2, 0) is 11.3 Å². The van der Waals surface area contributed by atoms with Gasteiger partial charge in [-0.05, 0) is 49.2 Å². The number of amides is 1. The maximum absolute atomic E-state index is 12.8. The van der Waals surface area contributed by atoms with Crippen molar-refractivity contribution >= 4 is 52.2 Å². The van der Waals surface area contributed by atoms with Gasteiger partial charge in [-0.3, -0.25) is 14.4 Å². The molecule has 0 fully saturated rings. The quantitative estimate of drug-likeness (QED) is 0.0872. The van der Waals surface area contributed by atoms with E-state index in [4.69, 9.17) is 11.5 Å². The average Bonchev–Trinajstić information content (AvgIpc) is 2.97. The van der Waals surface area contributed by atoms with Crippen LogP contribution in [0.3, 0.4) is 0 Å². The Labute approximate surface area is 245 Å². The van der Waals surface area contributed by atoms with E-state index in [1.165, 1.54) is 24.4 Å². The second-order valence-corrected chi connectivity index (χ2v) is 9.34. The monoisotopic (exact) mass is 589 g/mol. The second kappa shape index (κ2) is 14.3. The number of benzene rings is 2. The Kier molecular flexibility index (Phi) is 10.6. The van der Waals surface area contributed by atoms with Gasteiger partial charge in [-0.15, -0.1) is 0 Å². The fraction of sp³-hybridized carbons (Fsp3) is 0.214. The third-order valence-electron chi connectivity index (χ3n) is 6.38. The molecular weight excluding hydrogens is 558 g/mol. The minimum absolute atomic E-state index is 0. The molecule has 0 bridgehead atoms. The van der Waals surface area contributed by atoms with Gasteiger partial charge in [0.2, 0.25) is 5.95 Å². The Morgan fingerprint density at radius 1 is 0.907 bits per heavy atom. The molecule has 0 radical (unpaired) electrons. The van der Waals surface area contributed by atoms with E-state index in [0.29, 0.717) is 29.0 Å². The number of carboxylic acid groups (broad SMARTS) is 2. The van der Waals surface area contributed by atoms with Crippen molar-refractivity contribution in [3.05, 3.63) is 77.1 Å². The number of aromatic carboxylic acids is 1. The molecule has 2 aromatic carbocycles. The number of nitrogens with zero attached hydrogens (tertiary/aromatic N) is 4. The fourth-order valence-electron chi connectivity index (χ4n) is 4.20. The van der Waals surface area contributed by atoms with Crippen LogP contribution in [0, 0.1) is 5.92 Å². The van der Waals surface area contributed by atoms with Crippen LogP contribution in [0.5, 0.6) is 0 Å². The summed E-state index contributed by atoms with van der Waals surface area (Å²) in [6.45, 7) is 0.431. The van der Waals surface area contributed by atoms with Crippen molar-refractivity contribution in [3.8, 4) is 0 Å². The van der Waals surface area contributed by atoms with Gasteiger partial charge in [0.25, 0.3) is 5.91 Å². The summed E-state index contributed by atoms with van der Waals surface area (Å²) >= 11 is 0. The summed E-state index contributed by atoms with van der Waals surface area (Å²) in [6.07, 6.45) is 1.76. The van der Waals surface area contributed by atoms with Crippen molar-refractivity contribution in [3.63, 3.8) is 0 Å². The molecule has 0 saturated heterocycles. The van der Waals surface area contributed by atoms with Gasteiger partial charge >= 0.3 is 11.9 Å². The van der Waals surface area contributed by atoms with Gasteiger partial charge in [0.15, 0.2) is 22.8 Å². The van der Waals surface area contributed by atoms with E-state index in [1.54, 1.807) is 30.3 Å². The molecule has 0 spiro atoms. The van der Waals surface area contributed by atoms with Gasteiger partial charge in [0, 0.05) is 24.2 Å². The first-order valence-corrected chi connectivity index (χ1v) is 12.9. The summed E-state index contributed by atoms with van der Waals surface area (Å²) < 4.78 is 0. The minimum atomic E-state index is -1.22. The molecule has 0 aliphatic rings. The molecule has 15 heteroatoms. The molecule has 1 unspecified atom stereocenters. The molecule has 2 aromatic heterocycles. The van der Waals surface area contributed by atoms with Crippen LogP contribution in [0.25, 0.3) is 11.2 Å². The number of hydrogen-bond acceptors (Lipinski definition) is 12. The molecule has 43 heavy (non-hydrogen) atoms. The first-order chi connectivity index (χ1) is 20.1. The van der Waals surface area contributed by atoms with E-state index in [0.717, 1.165) is 0 Å². The minimum Gasteiger partial charge on any atom is -0.481 e. The number of carbonyl (C=O) groups excluding carboxylic acids is 2. The van der Waals surface area contributed by atoms with E-state index in [2.05, 4.69) is 30.6 Å². The average molecular weight is 590 g/mol. The Bertz CT molecular complexity index is 1650. The number of Topliss-reactive ketones (excluding diaryl/α,β-unsaturated/α-hetero) is 1. The fourth-order valence-corrected chi connectivity index (χ4v) is 4.20. The zero-order chi connectivity index (χ0) is 30.2. The van der Waals surface area contributed by atoms with E-state index in [1.807, 2.05) is 0 Å². The topological polar surface area (TPSA) is 271 Å². The summed E-state index contributed by atoms with van der Waals surface area (Å²) in [6, 6.07) is 12.4. The smallest absolute Gasteiger partial charge is 0.336 e. The first-order valence-electron chi connectivity index (χ1n) is 12.9. The highest BCUT2D eigenvalue weighted by Gasteiger charge is 2.22. The molecule has 0 saturated carbocycles. The molecule has 4 aromatic rings. The SMILES string of the molecule is N.Nc1nc(N)c2nc(CNc3ccc(C(=O)CC(CCCNC(=O)c4ccccc4C(=O)O)C(=O)O)cc3)cnc2n1. The van der Waals surface area contributed by atoms with E-state index < -0.39 is 23.8 Å². The Morgan fingerprint density at radius 2 is 1.60 bits per heavy atom. The van der Waals surface area contributed by atoms with Crippen LogP contribution in [0.1, 0.15) is 56.0 Å². The zero-order valence-corrected chi connectivity index (χ0v) is 23.0. The van der Waals surface area contributed by atoms with Crippen LogP contribution in [0.15, 0.2) is 54.7 Å². The highest BCUT2D eigenvalue weighted by atomic mass is 16.4. The van der Waals surface area contributed by atoms with Crippen molar-refractivity contribution in [2.45, 2.75) is 25.8 Å². The predicted molar refractivity (Wildman–Crippen MR) is 158 cm³/mol. The molecule has 11 N–H and O–H groups in total. The number of hydrogen-bond donors (Lipinski definition) is 7. The summed E-state index contributed by atoms with van der Waals surface area (Å²) in [4.78, 5) is 64.7. The predicted octanol–water partition coefficient (Wildman–Crippen LogP) is 2.54. The molecule has 15 nitrogen and oxygen atoms in total. The van der Waals surface area contributed by atoms with E-state index in [-0.39, 0.29) is 66.3 Å². The molecule has 1 amide bonds. The van der Waals surface area contributed by atoms with Gasteiger partial charge in [-0.25, -0.2) is 14.8 Å². The zero-order valence-electron chi connectivity index (χ0n) is 23.0. The van der Waals surface area contributed by atoms with Crippen molar-refractivity contribution in [2.24, 2.45) is 5.92 Å². The first kappa shape index (κ1) is 31.8. The van der Waals surface area contributed by atoms with Crippen LogP contribution in [0.4, 0.5) is 17.5 Å². The van der Waals surface area contributed by atoms with Crippen molar-refractivity contribution in [1.82, 2.24) is 31.4 Å². The molecule has 2 heterocycles. The standard InChI is InChI=1S/C28H28N8O6.H3N/c29-23-22-24(36-28(30)35-23)33-14-18(34-22)13-32-17-9-7-15(8-10-17)21(37)12-16(26(39)40)4-3-11-31-25(38)19-5-1-2-6-20(19)27(41)42;/h1-2,5-10,14,16,32H,3-4,11-13H2,(H,31,38)(H,39,40)(H,41,42)(H4,29,30,33,35,36);1H3. The van der Waals surface area contributed by atoms with Crippen molar-refractivity contribution in [1.29, 1.82) is 0 Å². The molecular formula is C28H31N9O6. The van der Waals surface area contributed by atoms with E-state index in [9.17, 15) is 29.4 Å². The number of carboxylic acids is 2. The van der Waals surface area contributed by atoms with Crippen LogP contribution in [-0.4, -0.2) is 60.3 Å². The summed E-state index contributed by atoms with van der Waals surface area (Å²) in [5.74, 6) is -4.05. The number of ketones is 1. The molecule has 4 rings (SSSR count). The van der Waals surface area contributed by atoms with Gasteiger partial charge in [0.1, 0.15) is 0 Å². The summed E-state index contributed by atoms with van der Waals surface area (Å²) in [5, 5.41) is 24.6. The maximum atomic E-state index is 12.8. The summed E-state index contributed by atoms with van der Waals surface area (Å²) in [5.41, 5.74) is 13.6. The number of nitrogen functional groups attached to an aromatic ring is 2. The number of aromatic nitrogens is 4. The lowest BCUT2D eigenvalue weighted by atomic mass is 9.94. The number of fused-ring (bicyclic) bond motifs is 1. The van der Waals surface area contributed by atoms with Crippen molar-refractivity contribution in [2.75, 3.05) is 23.3 Å². The molecule has 0 aliphatic carbocycles. The van der Waals surface area contributed by atoms with Crippen LogP contribution in [0.2, 0.25) is 0 Å². The van der Waals surface area contributed by atoms with Crippen molar-refractivity contribution < 1.29 is 29.4 Å². The van der Waals surface area contributed by atoms with Crippen LogP contribution >= 0.6 is 0 Å². The lowest BCUT2D eigenvalue weighted by Gasteiger charge is -2.13. The van der Waals surface area contributed by atoms with Gasteiger partial charge in [-0.2, -0.15) is 9.97 Å². The number of aliphatic carboxylic acids is 1. The third kappa shape index (κ3) is 8.17.